The molecule has 1 aliphatic rings. The van der Waals surface area contributed by atoms with E-state index in [9.17, 15) is 0 Å². The number of amidine groups is 1. The standard InChI is InChI=1S/C15H22N2OS/c1-10(2)7-13-9-16-15(19-13)17-14-6-5-12(18-4)8-11(14)3/h5-6,8,10,13H,7,9H2,1-4H3,(H,16,17). The van der Waals surface area contributed by atoms with Crippen LogP contribution in [0.15, 0.2) is 23.2 Å². The first kappa shape index (κ1) is 14.3. The van der Waals surface area contributed by atoms with Crippen LogP contribution in [0, 0.1) is 12.8 Å². The number of aliphatic imine (C=N–C) groups is 1. The zero-order valence-corrected chi connectivity index (χ0v) is 12.9. The van der Waals surface area contributed by atoms with Gasteiger partial charge in [0.25, 0.3) is 0 Å². The van der Waals surface area contributed by atoms with Crippen LogP contribution in [0.3, 0.4) is 0 Å². The van der Waals surface area contributed by atoms with Crippen LogP contribution >= 0.6 is 11.8 Å². The highest BCUT2D eigenvalue weighted by Crippen LogP contribution is 2.29. The van der Waals surface area contributed by atoms with Crippen LogP contribution in [-0.4, -0.2) is 24.1 Å². The van der Waals surface area contributed by atoms with Crippen molar-refractivity contribution in [2.45, 2.75) is 32.4 Å². The number of nitrogens with one attached hydrogen (secondary N) is 1. The number of thioether (sulfide) groups is 1. The molecule has 2 rings (SSSR count). The lowest BCUT2D eigenvalue weighted by Gasteiger charge is -2.12. The molecule has 3 nitrogen and oxygen atoms in total. The monoisotopic (exact) mass is 278 g/mol. The molecule has 1 aromatic rings. The molecule has 0 aliphatic carbocycles. The lowest BCUT2D eigenvalue weighted by molar-refractivity contribution is 0.414. The van der Waals surface area contributed by atoms with Crippen molar-refractivity contribution in [3.8, 4) is 5.75 Å². The fraction of sp³-hybridized carbons (Fsp3) is 0.533. The number of hydrogen-bond acceptors (Lipinski definition) is 4. The maximum atomic E-state index is 5.22. The molecule has 1 N–H and O–H groups in total. The van der Waals surface area contributed by atoms with E-state index in [1.807, 2.05) is 30.0 Å². The van der Waals surface area contributed by atoms with Crippen LogP contribution < -0.4 is 10.1 Å². The molecular weight excluding hydrogens is 256 g/mol. The Kier molecular flexibility index (Phi) is 4.75. The first-order valence-corrected chi connectivity index (χ1v) is 7.59. The molecule has 1 heterocycles. The molecule has 0 aromatic heterocycles. The number of anilines is 1. The van der Waals surface area contributed by atoms with Gasteiger partial charge in [-0.15, -0.1) is 0 Å². The first-order chi connectivity index (χ1) is 9.08. The van der Waals surface area contributed by atoms with Crippen LogP contribution in [0.25, 0.3) is 0 Å². The highest BCUT2D eigenvalue weighted by Gasteiger charge is 2.20. The van der Waals surface area contributed by atoms with E-state index in [1.54, 1.807) is 7.11 Å². The van der Waals surface area contributed by atoms with Gasteiger partial charge in [-0.3, -0.25) is 4.99 Å². The van der Waals surface area contributed by atoms with Crippen molar-refractivity contribution in [2.24, 2.45) is 10.9 Å². The Bertz CT molecular complexity index is 471. The average molecular weight is 278 g/mol. The Hall–Kier alpha value is -1.16. The smallest absolute Gasteiger partial charge is 0.161 e. The molecule has 1 aliphatic heterocycles. The number of ether oxygens (including phenoxy) is 1. The summed E-state index contributed by atoms with van der Waals surface area (Å²) < 4.78 is 5.22. The maximum Gasteiger partial charge on any atom is 0.161 e. The molecular formula is C15H22N2OS. The van der Waals surface area contributed by atoms with Gasteiger partial charge >= 0.3 is 0 Å². The number of rotatable bonds is 4. The van der Waals surface area contributed by atoms with E-state index < -0.39 is 0 Å². The summed E-state index contributed by atoms with van der Waals surface area (Å²) in [6.45, 7) is 7.54. The zero-order chi connectivity index (χ0) is 13.8. The van der Waals surface area contributed by atoms with Crippen LogP contribution in [-0.2, 0) is 0 Å². The maximum absolute atomic E-state index is 5.22. The van der Waals surface area contributed by atoms with E-state index in [-0.39, 0.29) is 0 Å². The van der Waals surface area contributed by atoms with E-state index in [0.29, 0.717) is 5.25 Å². The summed E-state index contributed by atoms with van der Waals surface area (Å²) in [5.41, 5.74) is 2.28. The summed E-state index contributed by atoms with van der Waals surface area (Å²) in [6.07, 6.45) is 1.22. The van der Waals surface area contributed by atoms with Crippen molar-refractivity contribution in [1.29, 1.82) is 0 Å². The largest absolute Gasteiger partial charge is 0.497 e. The SMILES string of the molecule is COc1ccc(NC2=NCC(CC(C)C)S2)c(C)c1. The van der Waals surface area contributed by atoms with E-state index in [1.165, 1.54) is 12.0 Å². The quantitative estimate of drug-likeness (QED) is 0.906. The third-order valence-electron chi connectivity index (χ3n) is 3.13. The predicted molar refractivity (Wildman–Crippen MR) is 84.5 cm³/mol. The Balaban J connectivity index is 1.95. The van der Waals surface area contributed by atoms with Crippen molar-refractivity contribution in [2.75, 3.05) is 19.0 Å². The predicted octanol–water partition coefficient (Wildman–Crippen LogP) is 3.93. The summed E-state index contributed by atoms with van der Waals surface area (Å²) in [5.74, 6) is 1.62. The number of benzene rings is 1. The van der Waals surface area contributed by atoms with Crippen molar-refractivity contribution in [3.63, 3.8) is 0 Å². The van der Waals surface area contributed by atoms with E-state index in [4.69, 9.17) is 4.74 Å². The molecule has 0 radical (unpaired) electrons. The molecule has 0 spiro atoms. The van der Waals surface area contributed by atoms with Crippen LogP contribution in [0.5, 0.6) is 5.75 Å². The van der Waals surface area contributed by atoms with Gasteiger partial charge in [-0.1, -0.05) is 25.6 Å². The highest BCUT2D eigenvalue weighted by molar-refractivity contribution is 8.15. The van der Waals surface area contributed by atoms with Crippen LogP contribution in [0.4, 0.5) is 5.69 Å². The van der Waals surface area contributed by atoms with Crippen molar-refractivity contribution < 1.29 is 4.74 Å². The summed E-state index contributed by atoms with van der Waals surface area (Å²) in [4.78, 5) is 4.59. The van der Waals surface area contributed by atoms with Gasteiger partial charge < -0.3 is 10.1 Å². The molecule has 0 bridgehead atoms. The lowest BCUT2D eigenvalue weighted by atomic mass is 10.1. The van der Waals surface area contributed by atoms with Gasteiger partial charge in [0.05, 0.1) is 13.7 Å². The molecule has 0 amide bonds. The fourth-order valence-corrected chi connectivity index (χ4v) is 3.42. The summed E-state index contributed by atoms with van der Waals surface area (Å²) in [6, 6.07) is 6.06. The van der Waals surface area contributed by atoms with Crippen molar-refractivity contribution in [1.82, 2.24) is 0 Å². The molecule has 19 heavy (non-hydrogen) atoms. The normalized spacial score (nSPS) is 18.6. The Morgan fingerprint density at radius 3 is 2.89 bits per heavy atom. The number of aryl methyl sites for hydroxylation is 1. The Morgan fingerprint density at radius 2 is 2.26 bits per heavy atom. The van der Waals surface area contributed by atoms with Crippen molar-refractivity contribution >= 4 is 22.6 Å². The first-order valence-electron chi connectivity index (χ1n) is 6.71. The number of methoxy groups -OCH3 is 1. The van der Waals surface area contributed by atoms with Crippen LogP contribution in [0.2, 0.25) is 0 Å². The summed E-state index contributed by atoms with van der Waals surface area (Å²) >= 11 is 1.86. The zero-order valence-electron chi connectivity index (χ0n) is 12.1. The van der Waals surface area contributed by atoms with Gasteiger partial charge in [-0.2, -0.15) is 0 Å². The molecule has 0 saturated carbocycles. The summed E-state index contributed by atoms with van der Waals surface area (Å²) in [5, 5.41) is 5.09. The van der Waals surface area contributed by atoms with Gasteiger partial charge in [-0.05, 0) is 43.0 Å². The van der Waals surface area contributed by atoms with Crippen LogP contribution in [0.1, 0.15) is 25.8 Å². The van der Waals surface area contributed by atoms with E-state index in [0.717, 1.165) is 29.1 Å². The lowest BCUT2D eigenvalue weighted by Crippen LogP contribution is -2.10. The van der Waals surface area contributed by atoms with E-state index in [2.05, 4.69) is 31.1 Å². The minimum atomic E-state index is 0.626. The second kappa shape index (κ2) is 6.33. The molecule has 104 valence electrons. The molecule has 1 atom stereocenters. The molecule has 0 fully saturated rings. The van der Waals surface area contributed by atoms with Gasteiger partial charge in [0.15, 0.2) is 5.17 Å². The second-order valence-corrected chi connectivity index (χ2v) is 6.61. The highest BCUT2D eigenvalue weighted by atomic mass is 32.2. The topological polar surface area (TPSA) is 33.6 Å². The van der Waals surface area contributed by atoms with Gasteiger partial charge in [0, 0.05) is 10.9 Å². The van der Waals surface area contributed by atoms with Gasteiger partial charge in [0.1, 0.15) is 5.75 Å². The molecule has 4 heteroatoms. The van der Waals surface area contributed by atoms with Gasteiger partial charge in [-0.25, -0.2) is 0 Å². The summed E-state index contributed by atoms with van der Waals surface area (Å²) in [7, 11) is 1.69. The number of hydrogen-bond donors (Lipinski definition) is 1. The second-order valence-electron chi connectivity index (χ2n) is 5.32. The fourth-order valence-electron chi connectivity index (χ4n) is 2.15. The third kappa shape index (κ3) is 3.90. The molecule has 1 aromatic carbocycles. The number of nitrogens with zero attached hydrogens (tertiary/aromatic N) is 1. The Labute approximate surface area is 119 Å². The van der Waals surface area contributed by atoms with Crippen molar-refractivity contribution in [3.05, 3.63) is 23.8 Å². The average Bonchev–Trinajstić information content (AvgIpc) is 2.78. The molecule has 1 unspecified atom stereocenters. The minimum Gasteiger partial charge on any atom is -0.497 e. The Morgan fingerprint density at radius 1 is 1.47 bits per heavy atom. The third-order valence-corrected chi connectivity index (χ3v) is 4.26. The molecule has 0 saturated heterocycles. The van der Waals surface area contributed by atoms with Gasteiger partial charge in [0.2, 0.25) is 0 Å². The van der Waals surface area contributed by atoms with E-state index >= 15 is 0 Å². The minimum absolute atomic E-state index is 0.626.